The molecule has 0 unspecified atom stereocenters. The first-order valence-electron chi connectivity index (χ1n) is 8.08. The molecule has 2 N–H and O–H groups in total. The number of H-pyrrole nitrogens is 1. The third-order valence-corrected chi connectivity index (χ3v) is 4.16. The van der Waals surface area contributed by atoms with Crippen LogP contribution in [0.5, 0.6) is 11.5 Å². The molecular formula is C18H18BrFN4O2. The number of rotatable bonds is 8. The van der Waals surface area contributed by atoms with Gasteiger partial charge in [-0.1, -0.05) is 18.2 Å². The lowest BCUT2D eigenvalue weighted by atomic mass is 10.2. The number of nitrogens with one attached hydrogen (secondary N) is 2. The van der Waals surface area contributed by atoms with Gasteiger partial charge in [0.25, 0.3) is 0 Å². The Bertz CT molecular complexity index is 858. The lowest BCUT2D eigenvalue weighted by Gasteiger charge is -2.16. The second-order valence-electron chi connectivity index (χ2n) is 5.41. The Morgan fingerprint density at radius 1 is 1.23 bits per heavy atom. The number of hydrogen-bond donors (Lipinski definition) is 2. The van der Waals surface area contributed by atoms with Crippen LogP contribution in [0.3, 0.4) is 0 Å². The van der Waals surface area contributed by atoms with Crippen LogP contribution in [0.2, 0.25) is 0 Å². The van der Waals surface area contributed by atoms with Crippen LogP contribution < -0.4 is 14.8 Å². The molecule has 1 aromatic heterocycles. The lowest BCUT2D eigenvalue weighted by Crippen LogP contribution is -2.05. The third kappa shape index (κ3) is 4.51. The maximum atomic E-state index is 13.8. The second-order valence-corrected chi connectivity index (χ2v) is 6.26. The van der Waals surface area contributed by atoms with Gasteiger partial charge in [-0.2, -0.15) is 5.10 Å². The highest BCUT2D eigenvalue weighted by molar-refractivity contribution is 9.10. The summed E-state index contributed by atoms with van der Waals surface area (Å²) in [5, 5.41) is 9.66. The van der Waals surface area contributed by atoms with Crippen LogP contribution in [0.25, 0.3) is 0 Å². The Balaban J connectivity index is 1.76. The first kappa shape index (κ1) is 18.2. The molecule has 2 aromatic carbocycles. The van der Waals surface area contributed by atoms with E-state index in [0.29, 0.717) is 36.2 Å². The van der Waals surface area contributed by atoms with E-state index in [-0.39, 0.29) is 12.4 Å². The van der Waals surface area contributed by atoms with Gasteiger partial charge in [0.15, 0.2) is 11.5 Å². The van der Waals surface area contributed by atoms with Crippen LogP contribution in [-0.4, -0.2) is 21.8 Å². The maximum Gasteiger partial charge on any atom is 0.218 e. The van der Waals surface area contributed by atoms with Gasteiger partial charge in [-0.05, 0) is 46.6 Å². The summed E-state index contributed by atoms with van der Waals surface area (Å²) in [5.41, 5.74) is 1.45. The molecule has 0 spiro atoms. The molecule has 0 aliphatic heterocycles. The molecule has 0 radical (unpaired) electrons. The van der Waals surface area contributed by atoms with Gasteiger partial charge in [0.1, 0.15) is 18.8 Å². The van der Waals surface area contributed by atoms with Crippen molar-refractivity contribution >= 4 is 21.9 Å². The molecule has 3 rings (SSSR count). The van der Waals surface area contributed by atoms with Gasteiger partial charge in [0, 0.05) is 12.1 Å². The average Bonchev–Trinajstić information content (AvgIpc) is 3.14. The Morgan fingerprint density at radius 3 is 2.81 bits per heavy atom. The molecule has 0 bridgehead atoms. The maximum absolute atomic E-state index is 13.8. The summed E-state index contributed by atoms with van der Waals surface area (Å²) < 4.78 is 26.1. The van der Waals surface area contributed by atoms with E-state index >= 15 is 0 Å². The molecule has 6 nitrogen and oxygen atoms in total. The number of hydrogen-bond acceptors (Lipinski definition) is 5. The molecule has 0 saturated heterocycles. The van der Waals surface area contributed by atoms with E-state index in [9.17, 15) is 4.39 Å². The van der Waals surface area contributed by atoms with Crippen molar-refractivity contribution in [2.24, 2.45) is 0 Å². The van der Waals surface area contributed by atoms with Gasteiger partial charge in [0.2, 0.25) is 5.95 Å². The monoisotopic (exact) mass is 420 g/mol. The molecule has 0 amide bonds. The van der Waals surface area contributed by atoms with Crippen molar-refractivity contribution in [1.29, 1.82) is 0 Å². The number of anilines is 1. The van der Waals surface area contributed by atoms with Crippen LogP contribution >= 0.6 is 15.9 Å². The van der Waals surface area contributed by atoms with Gasteiger partial charge in [0.05, 0.1) is 11.1 Å². The number of aromatic nitrogens is 3. The van der Waals surface area contributed by atoms with E-state index in [0.717, 1.165) is 10.0 Å². The first-order valence-corrected chi connectivity index (χ1v) is 8.87. The van der Waals surface area contributed by atoms with Crippen molar-refractivity contribution in [1.82, 2.24) is 15.2 Å². The molecule has 26 heavy (non-hydrogen) atoms. The number of halogens is 2. The molecule has 0 saturated carbocycles. The van der Waals surface area contributed by atoms with Crippen molar-refractivity contribution in [2.75, 3.05) is 11.9 Å². The standard InChI is InChI=1S/C18H18BrFN4O2/c1-2-25-16-8-12(9-21-18-22-11-23-24-18)7-14(19)17(16)26-10-13-5-3-4-6-15(13)20/h3-8,11H,2,9-10H2,1H3,(H2,21,22,23,24). The SMILES string of the molecule is CCOc1cc(CNc2ncn[nH]2)cc(Br)c1OCc1ccccc1F. The normalized spacial score (nSPS) is 10.6. The van der Waals surface area contributed by atoms with Gasteiger partial charge in [-0.25, -0.2) is 14.5 Å². The van der Waals surface area contributed by atoms with E-state index in [4.69, 9.17) is 9.47 Å². The highest BCUT2D eigenvalue weighted by Crippen LogP contribution is 2.37. The second kappa shape index (κ2) is 8.66. The van der Waals surface area contributed by atoms with E-state index in [1.165, 1.54) is 12.4 Å². The summed E-state index contributed by atoms with van der Waals surface area (Å²) in [7, 11) is 0. The van der Waals surface area contributed by atoms with Crippen molar-refractivity contribution in [2.45, 2.75) is 20.1 Å². The Kier molecular flexibility index (Phi) is 6.06. The summed E-state index contributed by atoms with van der Waals surface area (Å²) in [5.74, 6) is 1.42. The minimum Gasteiger partial charge on any atom is -0.490 e. The molecule has 1 heterocycles. The van der Waals surface area contributed by atoms with Crippen LogP contribution in [0.4, 0.5) is 10.3 Å². The Morgan fingerprint density at radius 2 is 2.08 bits per heavy atom. The smallest absolute Gasteiger partial charge is 0.218 e. The zero-order chi connectivity index (χ0) is 18.4. The predicted octanol–water partition coefficient (Wildman–Crippen LogP) is 4.30. The summed E-state index contributed by atoms with van der Waals surface area (Å²) in [6, 6.07) is 10.3. The molecule has 0 atom stereocenters. The molecule has 0 fully saturated rings. The highest BCUT2D eigenvalue weighted by atomic mass is 79.9. The van der Waals surface area contributed by atoms with Gasteiger partial charge in [-0.3, -0.25) is 0 Å². The first-order chi connectivity index (χ1) is 12.7. The fraction of sp³-hybridized carbons (Fsp3) is 0.222. The van der Waals surface area contributed by atoms with Crippen molar-refractivity contribution in [3.63, 3.8) is 0 Å². The van der Waals surface area contributed by atoms with Crippen LogP contribution in [0.1, 0.15) is 18.1 Å². The van der Waals surface area contributed by atoms with E-state index in [1.807, 2.05) is 19.1 Å². The van der Waals surface area contributed by atoms with Crippen LogP contribution in [-0.2, 0) is 13.2 Å². The summed E-state index contributed by atoms with van der Waals surface area (Å²) in [4.78, 5) is 4.02. The van der Waals surface area contributed by atoms with Gasteiger partial charge in [-0.15, -0.1) is 0 Å². The van der Waals surface area contributed by atoms with Crippen LogP contribution in [0.15, 0.2) is 47.2 Å². The number of ether oxygens (including phenoxy) is 2. The summed E-state index contributed by atoms with van der Waals surface area (Å²) in [6.07, 6.45) is 1.43. The summed E-state index contributed by atoms with van der Waals surface area (Å²) in [6.45, 7) is 3.03. The average molecular weight is 421 g/mol. The fourth-order valence-electron chi connectivity index (χ4n) is 2.37. The van der Waals surface area contributed by atoms with Crippen LogP contribution in [0, 0.1) is 5.82 Å². The third-order valence-electron chi connectivity index (χ3n) is 3.57. The number of benzene rings is 2. The summed E-state index contributed by atoms with van der Waals surface area (Å²) >= 11 is 3.52. The largest absolute Gasteiger partial charge is 0.490 e. The number of aromatic amines is 1. The minimum atomic E-state index is -0.297. The van der Waals surface area contributed by atoms with E-state index < -0.39 is 0 Å². The fourth-order valence-corrected chi connectivity index (χ4v) is 2.97. The zero-order valence-electron chi connectivity index (χ0n) is 14.1. The predicted molar refractivity (Wildman–Crippen MR) is 99.8 cm³/mol. The Labute approximate surface area is 158 Å². The zero-order valence-corrected chi connectivity index (χ0v) is 15.7. The molecule has 136 valence electrons. The van der Waals surface area contributed by atoms with Crippen molar-refractivity contribution < 1.29 is 13.9 Å². The minimum absolute atomic E-state index is 0.112. The van der Waals surface area contributed by atoms with Gasteiger partial charge >= 0.3 is 0 Å². The van der Waals surface area contributed by atoms with E-state index in [2.05, 4.69) is 36.4 Å². The Hall–Kier alpha value is -2.61. The van der Waals surface area contributed by atoms with Crippen molar-refractivity contribution in [3.05, 3.63) is 64.1 Å². The molecule has 8 heteroatoms. The number of nitrogens with zero attached hydrogens (tertiary/aromatic N) is 2. The van der Waals surface area contributed by atoms with E-state index in [1.54, 1.807) is 18.2 Å². The lowest BCUT2D eigenvalue weighted by molar-refractivity contribution is 0.264. The molecule has 0 aliphatic carbocycles. The highest BCUT2D eigenvalue weighted by Gasteiger charge is 2.14. The molecule has 3 aromatic rings. The topological polar surface area (TPSA) is 72.1 Å². The van der Waals surface area contributed by atoms with Crippen molar-refractivity contribution in [3.8, 4) is 11.5 Å². The van der Waals surface area contributed by atoms with Gasteiger partial charge < -0.3 is 14.8 Å². The molecular weight excluding hydrogens is 403 g/mol. The molecule has 0 aliphatic rings. The quantitative estimate of drug-likeness (QED) is 0.568.